The number of piperazine rings is 1. The van der Waals surface area contributed by atoms with Crippen LogP contribution < -0.4 is 15.0 Å². The molecule has 1 unspecified atom stereocenters. The summed E-state index contributed by atoms with van der Waals surface area (Å²) in [6, 6.07) is 11.7. The number of carbonyl (C=O) groups excluding carboxylic acids is 1. The maximum atomic E-state index is 13.1. The maximum Gasteiger partial charge on any atom is 0.225 e. The number of nitrogens with zero attached hydrogens (tertiary/aromatic N) is 4. The average molecular weight is 526 g/mol. The van der Waals surface area contributed by atoms with Crippen LogP contribution in [0.3, 0.4) is 0 Å². The van der Waals surface area contributed by atoms with E-state index in [9.17, 15) is 9.00 Å². The molecule has 1 N–H and O–H groups in total. The first-order valence-corrected chi connectivity index (χ1v) is 13.5. The molecule has 0 saturated carbocycles. The van der Waals surface area contributed by atoms with Gasteiger partial charge in [-0.2, -0.15) is 0 Å². The van der Waals surface area contributed by atoms with Gasteiger partial charge < -0.3 is 19.4 Å². The summed E-state index contributed by atoms with van der Waals surface area (Å²) in [5.41, 5.74) is 3.70. The van der Waals surface area contributed by atoms with E-state index in [1.54, 1.807) is 30.9 Å². The third-order valence-electron chi connectivity index (χ3n) is 6.51. The molecule has 1 aliphatic rings. The van der Waals surface area contributed by atoms with Gasteiger partial charge in [0, 0.05) is 57.6 Å². The summed E-state index contributed by atoms with van der Waals surface area (Å²) >= 11 is 0. The van der Waals surface area contributed by atoms with Gasteiger partial charge in [0.1, 0.15) is 23.0 Å². The maximum absolute atomic E-state index is 13.1. The normalized spacial score (nSPS) is 15.1. The van der Waals surface area contributed by atoms with E-state index in [2.05, 4.69) is 20.1 Å². The lowest BCUT2D eigenvalue weighted by atomic mass is 10.1. The van der Waals surface area contributed by atoms with Crippen molar-refractivity contribution in [3.8, 4) is 5.75 Å². The van der Waals surface area contributed by atoms with Gasteiger partial charge in [-0.05, 0) is 61.4 Å². The predicted octanol–water partition coefficient (Wildman–Crippen LogP) is 3.61. The minimum Gasteiger partial charge on any atom is -0.497 e. The number of hydrogen-bond donors (Lipinski definition) is 1. The van der Waals surface area contributed by atoms with Crippen molar-refractivity contribution in [1.82, 2.24) is 14.2 Å². The van der Waals surface area contributed by atoms with Gasteiger partial charge in [-0.1, -0.05) is 0 Å². The Bertz CT molecular complexity index is 1190. The van der Waals surface area contributed by atoms with Crippen LogP contribution in [0.5, 0.6) is 5.75 Å². The molecule has 0 spiro atoms. The van der Waals surface area contributed by atoms with Gasteiger partial charge in [-0.3, -0.25) is 9.69 Å². The fourth-order valence-corrected chi connectivity index (χ4v) is 5.70. The lowest BCUT2D eigenvalue weighted by molar-refractivity contribution is -0.116. The van der Waals surface area contributed by atoms with Crippen molar-refractivity contribution in [2.75, 3.05) is 57.1 Å². The van der Waals surface area contributed by atoms with Crippen LogP contribution in [0.1, 0.15) is 23.4 Å². The number of aryl methyl sites for hydroxylation is 2. The van der Waals surface area contributed by atoms with Crippen LogP contribution >= 0.6 is 0 Å². The summed E-state index contributed by atoms with van der Waals surface area (Å²) in [5.74, 6) is 1.38. The molecule has 1 atom stereocenters. The molecule has 2 aromatic carbocycles. The molecule has 37 heavy (non-hydrogen) atoms. The fourth-order valence-electron chi connectivity index (χ4n) is 4.47. The number of rotatable bonds is 10. The third-order valence-corrected chi connectivity index (χ3v) is 8.25. The Kier molecular flexibility index (Phi) is 8.96. The first-order valence-electron chi connectivity index (χ1n) is 12.4. The number of nitrogens with one attached hydrogen (secondary N) is 1. The van der Waals surface area contributed by atoms with Crippen LogP contribution in [0, 0.1) is 13.8 Å². The monoisotopic (exact) mass is 525 g/mol. The Balaban J connectivity index is 1.23. The Morgan fingerprint density at radius 1 is 1.14 bits per heavy atom. The minimum atomic E-state index is -1.36. The predicted molar refractivity (Wildman–Crippen MR) is 145 cm³/mol. The van der Waals surface area contributed by atoms with E-state index < -0.39 is 11.0 Å². The van der Waals surface area contributed by atoms with Crippen molar-refractivity contribution in [1.29, 1.82) is 0 Å². The topological polar surface area (TPSA) is 91.2 Å². The second-order valence-corrected chi connectivity index (χ2v) is 10.8. The van der Waals surface area contributed by atoms with E-state index in [4.69, 9.17) is 9.15 Å². The van der Waals surface area contributed by atoms with Crippen LogP contribution in [0.2, 0.25) is 0 Å². The van der Waals surface area contributed by atoms with E-state index in [0.717, 1.165) is 71.8 Å². The number of hydrogen-bond acceptors (Lipinski definition) is 7. The van der Waals surface area contributed by atoms with E-state index in [-0.39, 0.29) is 12.3 Å². The first-order chi connectivity index (χ1) is 17.8. The summed E-state index contributed by atoms with van der Waals surface area (Å²) in [5, 5.41) is 2.95. The second kappa shape index (κ2) is 12.4. The van der Waals surface area contributed by atoms with E-state index in [0.29, 0.717) is 6.54 Å². The molecule has 0 bridgehead atoms. The summed E-state index contributed by atoms with van der Waals surface area (Å²) in [4.78, 5) is 22.2. The molecule has 2 heterocycles. The lowest BCUT2D eigenvalue weighted by Gasteiger charge is -2.35. The number of ether oxygens (including phenoxy) is 1. The Morgan fingerprint density at radius 2 is 1.81 bits per heavy atom. The molecule has 1 aromatic heterocycles. The van der Waals surface area contributed by atoms with Gasteiger partial charge in [0.05, 0.1) is 24.7 Å². The number of anilines is 2. The van der Waals surface area contributed by atoms with Crippen molar-refractivity contribution in [2.45, 2.75) is 31.7 Å². The lowest BCUT2D eigenvalue weighted by Crippen LogP contribution is -2.46. The van der Waals surface area contributed by atoms with Crippen LogP contribution in [-0.4, -0.2) is 71.2 Å². The van der Waals surface area contributed by atoms with Crippen molar-refractivity contribution in [3.63, 3.8) is 0 Å². The summed E-state index contributed by atoms with van der Waals surface area (Å²) in [6.45, 7) is 8.66. The molecule has 10 heteroatoms. The highest BCUT2D eigenvalue weighted by Gasteiger charge is 2.20. The number of carbonyl (C=O) groups is 1. The van der Waals surface area contributed by atoms with Crippen LogP contribution in [0.4, 0.5) is 11.4 Å². The largest absolute Gasteiger partial charge is 0.497 e. The van der Waals surface area contributed by atoms with Crippen LogP contribution in [0.25, 0.3) is 0 Å². The standard InChI is InChI=1S/C27H35N5O4S/c1-20-17-24(35-4)18-21(2)27(20)37(34)30(3)11-9-25(33)29-22-5-7-23(8-6-22)32-14-12-31(13-15-32)19-26-28-10-16-36-26/h5-8,10,16-18H,9,11-15,19H2,1-4H3,(H,29,33). The molecule has 1 fully saturated rings. The highest BCUT2D eigenvalue weighted by atomic mass is 32.2. The van der Waals surface area contributed by atoms with Gasteiger partial charge in [0.25, 0.3) is 0 Å². The summed E-state index contributed by atoms with van der Waals surface area (Å²) in [7, 11) is 2.02. The van der Waals surface area contributed by atoms with Gasteiger partial charge in [0.15, 0.2) is 0 Å². The Morgan fingerprint density at radius 3 is 2.41 bits per heavy atom. The van der Waals surface area contributed by atoms with Gasteiger partial charge in [-0.25, -0.2) is 13.5 Å². The van der Waals surface area contributed by atoms with Gasteiger partial charge >= 0.3 is 0 Å². The van der Waals surface area contributed by atoms with E-state index in [1.807, 2.05) is 50.2 Å². The second-order valence-electron chi connectivity index (χ2n) is 9.23. The summed E-state index contributed by atoms with van der Waals surface area (Å²) < 4.78 is 25.4. The van der Waals surface area contributed by atoms with Crippen molar-refractivity contribution in [3.05, 3.63) is 65.9 Å². The molecule has 0 aliphatic carbocycles. The number of benzene rings is 2. The average Bonchev–Trinajstić information content (AvgIpc) is 3.40. The van der Waals surface area contributed by atoms with Crippen LogP contribution in [-0.2, 0) is 22.3 Å². The summed E-state index contributed by atoms with van der Waals surface area (Å²) in [6.07, 6.45) is 3.52. The van der Waals surface area contributed by atoms with Crippen molar-refractivity contribution < 1.29 is 18.2 Å². The number of amides is 1. The van der Waals surface area contributed by atoms with Gasteiger partial charge in [-0.15, -0.1) is 0 Å². The Labute approximate surface area is 221 Å². The number of oxazole rings is 1. The molecule has 3 aromatic rings. The number of aromatic nitrogens is 1. The molecule has 4 rings (SSSR count). The van der Waals surface area contributed by atoms with E-state index >= 15 is 0 Å². The zero-order chi connectivity index (χ0) is 26.4. The SMILES string of the molecule is COc1cc(C)c(S(=O)N(C)CCC(=O)Nc2ccc(N3CCN(Cc4ncco4)CC3)cc2)c(C)c1. The molecular weight excluding hydrogens is 490 g/mol. The van der Waals surface area contributed by atoms with E-state index in [1.165, 1.54) is 0 Å². The highest BCUT2D eigenvalue weighted by Crippen LogP contribution is 2.26. The highest BCUT2D eigenvalue weighted by molar-refractivity contribution is 7.82. The van der Waals surface area contributed by atoms with Gasteiger partial charge in [0.2, 0.25) is 11.8 Å². The molecule has 1 aliphatic heterocycles. The molecular formula is C27H35N5O4S. The molecule has 198 valence electrons. The molecule has 0 radical (unpaired) electrons. The molecule has 1 saturated heterocycles. The van der Waals surface area contributed by atoms with Crippen molar-refractivity contribution >= 4 is 28.3 Å². The number of methoxy groups -OCH3 is 1. The third kappa shape index (κ3) is 6.97. The quantitative estimate of drug-likeness (QED) is 0.432. The molecule has 9 nitrogen and oxygen atoms in total. The van der Waals surface area contributed by atoms with Crippen LogP contribution in [0.15, 0.2) is 58.2 Å². The Hall–Kier alpha value is -3.21. The zero-order valence-corrected chi connectivity index (χ0v) is 22.7. The minimum absolute atomic E-state index is 0.111. The zero-order valence-electron chi connectivity index (χ0n) is 21.9. The molecule has 1 amide bonds. The fraction of sp³-hybridized carbons (Fsp3) is 0.407. The smallest absolute Gasteiger partial charge is 0.225 e. The van der Waals surface area contributed by atoms with Crippen molar-refractivity contribution in [2.24, 2.45) is 0 Å². The first kappa shape index (κ1) is 26.8.